The third-order valence-corrected chi connectivity index (χ3v) is 3.39. The molecular formula is C14H12BrF2NO2. The lowest BCUT2D eigenvalue weighted by atomic mass is 10.1. The van der Waals surface area contributed by atoms with Crippen LogP contribution in [0.1, 0.15) is 5.56 Å². The minimum atomic E-state index is -0.583. The van der Waals surface area contributed by atoms with Crippen LogP contribution < -0.4 is 10.1 Å². The van der Waals surface area contributed by atoms with Crippen LogP contribution in [0, 0.1) is 11.6 Å². The molecular weight excluding hydrogens is 332 g/mol. The molecule has 6 heteroatoms. The van der Waals surface area contributed by atoms with E-state index < -0.39 is 11.6 Å². The Hall–Kier alpha value is -1.82. The van der Waals surface area contributed by atoms with Crippen molar-refractivity contribution >= 4 is 21.6 Å². The number of benzene rings is 2. The summed E-state index contributed by atoms with van der Waals surface area (Å²) >= 11 is 2.91. The number of aromatic hydroxyl groups is 1. The van der Waals surface area contributed by atoms with E-state index in [1.54, 1.807) is 18.2 Å². The number of hydrogen-bond donors (Lipinski definition) is 2. The van der Waals surface area contributed by atoms with Crippen LogP contribution in [0.3, 0.4) is 0 Å². The molecule has 0 aromatic heterocycles. The number of phenolic OH excluding ortho intramolecular Hbond substituents is 1. The highest BCUT2D eigenvalue weighted by molar-refractivity contribution is 9.10. The predicted octanol–water partition coefficient (Wildman–Crippen LogP) is 4.05. The zero-order chi connectivity index (χ0) is 14.7. The number of ether oxygens (including phenoxy) is 1. The van der Waals surface area contributed by atoms with Crippen molar-refractivity contribution in [2.75, 3.05) is 12.4 Å². The maximum atomic E-state index is 13.6. The Morgan fingerprint density at radius 2 is 2.00 bits per heavy atom. The average Bonchev–Trinajstić information content (AvgIpc) is 2.43. The van der Waals surface area contributed by atoms with E-state index in [-0.39, 0.29) is 22.5 Å². The molecule has 0 fully saturated rings. The van der Waals surface area contributed by atoms with E-state index in [1.807, 2.05) is 0 Å². The zero-order valence-electron chi connectivity index (χ0n) is 10.6. The first-order chi connectivity index (χ1) is 9.52. The van der Waals surface area contributed by atoms with Crippen LogP contribution in [0.2, 0.25) is 0 Å². The topological polar surface area (TPSA) is 41.5 Å². The normalized spacial score (nSPS) is 10.4. The molecule has 0 radical (unpaired) electrons. The maximum absolute atomic E-state index is 13.6. The summed E-state index contributed by atoms with van der Waals surface area (Å²) in [5.74, 6) is -0.850. The van der Waals surface area contributed by atoms with Crippen LogP contribution >= 0.6 is 15.9 Å². The van der Waals surface area contributed by atoms with Gasteiger partial charge in [-0.2, -0.15) is 0 Å². The van der Waals surface area contributed by atoms with Gasteiger partial charge in [0.2, 0.25) is 0 Å². The monoisotopic (exact) mass is 343 g/mol. The van der Waals surface area contributed by atoms with Crippen LogP contribution in [-0.4, -0.2) is 12.2 Å². The zero-order valence-corrected chi connectivity index (χ0v) is 12.2. The summed E-state index contributed by atoms with van der Waals surface area (Å²) in [7, 11) is 1.44. The molecule has 2 rings (SSSR count). The van der Waals surface area contributed by atoms with Gasteiger partial charge in [0.15, 0.2) is 11.5 Å². The summed E-state index contributed by atoms with van der Waals surface area (Å²) in [4.78, 5) is 0. The van der Waals surface area contributed by atoms with Gasteiger partial charge in [-0.05, 0) is 28.1 Å². The first kappa shape index (κ1) is 14.6. The second-order valence-corrected chi connectivity index (χ2v) is 4.92. The van der Waals surface area contributed by atoms with Gasteiger partial charge in [0, 0.05) is 18.2 Å². The molecule has 0 atom stereocenters. The van der Waals surface area contributed by atoms with Gasteiger partial charge < -0.3 is 15.2 Å². The van der Waals surface area contributed by atoms with Gasteiger partial charge in [-0.1, -0.05) is 12.1 Å². The number of halogens is 3. The van der Waals surface area contributed by atoms with Gasteiger partial charge in [-0.25, -0.2) is 8.78 Å². The van der Waals surface area contributed by atoms with Crippen LogP contribution in [-0.2, 0) is 6.54 Å². The van der Waals surface area contributed by atoms with E-state index in [1.165, 1.54) is 7.11 Å². The van der Waals surface area contributed by atoms with Crippen LogP contribution in [0.5, 0.6) is 11.5 Å². The van der Waals surface area contributed by atoms with E-state index >= 15 is 0 Å². The third-order valence-electron chi connectivity index (χ3n) is 2.78. The van der Waals surface area contributed by atoms with Crippen molar-refractivity contribution in [2.45, 2.75) is 6.54 Å². The minimum Gasteiger partial charge on any atom is -0.504 e. The van der Waals surface area contributed by atoms with Crippen molar-refractivity contribution in [2.24, 2.45) is 0 Å². The van der Waals surface area contributed by atoms with Crippen molar-refractivity contribution in [3.05, 3.63) is 52.0 Å². The Bertz CT molecular complexity index is 635. The number of phenols is 1. The number of rotatable bonds is 4. The number of para-hydroxylation sites is 1. The van der Waals surface area contributed by atoms with Gasteiger partial charge in [0.05, 0.1) is 17.3 Å². The molecule has 0 saturated heterocycles. The van der Waals surface area contributed by atoms with Gasteiger partial charge in [-0.3, -0.25) is 0 Å². The van der Waals surface area contributed by atoms with E-state index in [2.05, 4.69) is 21.2 Å². The highest BCUT2D eigenvalue weighted by atomic mass is 79.9. The number of hydrogen-bond acceptors (Lipinski definition) is 3. The molecule has 2 N–H and O–H groups in total. The average molecular weight is 344 g/mol. The molecule has 0 aliphatic heterocycles. The molecule has 2 aromatic rings. The van der Waals surface area contributed by atoms with Crippen LogP contribution in [0.4, 0.5) is 14.5 Å². The fourth-order valence-electron chi connectivity index (χ4n) is 1.72. The molecule has 20 heavy (non-hydrogen) atoms. The molecule has 0 heterocycles. The van der Waals surface area contributed by atoms with E-state index in [9.17, 15) is 13.9 Å². The summed E-state index contributed by atoms with van der Waals surface area (Å²) in [6.45, 7) is 0.140. The number of methoxy groups -OCH3 is 1. The van der Waals surface area contributed by atoms with Crippen molar-refractivity contribution < 1.29 is 18.6 Å². The quantitative estimate of drug-likeness (QED) is 0.822. The Morgan fingerprint density at radius 3 is 2.70 bits per heavy atom. The van der Waals surface area contributed by atoms with Gasteiger partial charge in [-0.15, -0.1) is 0 Å². The fourth-order valence-corrected chi connectivity index (χ4v) is 2.04. The van der Waals surface area contributed by atoms with Crippen molar-refractivity contribution in [3.8, 4) is 11.5 Å². The van der Waals surface area contributed by atoms with E-state index in [0.29, 0.717) is 11.3 Å². The Kier molecular flexibility index (Phi) is 4.44. The number of anilines is 1. The summed E-state index contributed by atoms with van der Waals surface area (Å²) < 4.78 is 32.0. The lowest BCUT2D eigenvalue weighted by Gasteiger charge is -2.11. The minimum absolute atomic E-state index is 0.0212. The lowest BCUT2D eigenvalue weighted by Crippen LogP contribution is -2.03. The highest BCUT2D eigenvalue weighted by Crippen LogP contribution is 2.30. The molecule has 0 unspecified atom stereocenters. The Morgan fingerprint density at radius 1 is 1.25 bits per heavy atom. The Balaban J connectivity index is 2.19. The van der Waals surface area contributed by atoms with Crippen LogP contribution in [0.15, 0.2) is 34.8 Å². The van der Waals surface area contributed by atoms with Crippen molar-refractivity contribution in [1.29, 1.82) is 0 Å². The molecule has 3 nitrogen and oxygen atoms in total. The fraction of sp³-hybridized carbons (Fsp3) is 0.143. The van der Waals surface area contributed by atoms with E-state index in [4.69, 9.17) is 4.74 Å². The molecule has 2 aromatic carbocycles. The van der Waals surface area contributed by atoms with Crippen molar-refractivity contribution in [1.82, 2.24) is 0 Å². The first-order valence-electron chi connectivity index (χ1n) is 5.76. The second-order valence-electron chi connectivity index (χ2n) is 4.07. The predicted molar refractivity (Wildman–Crippen MR) is 76.0 cm³/mol. The lowest BCUT2D eigenvalue weighted by molar-refractivity contribution is 0.371. The molecule has 0 saturated carbocycles. The molecule has 0 bridgehead atoms. The molecule has 0 aliphatic carbocycles. The molecule has 106 valence electrons. The molecule has 0 amide bonds. The largest absolute Gasteiger partial charge is 0.504 e. The molecule has 0 aliphatic rings. The number of nitrogens with one attached hydrogen (secondary N) is 1. The second kappa shape index (κ2) is 6.09. The summed E-state index contributed by atoms with van der Waals surface area (Å²) in [5, 5.41) is 12.6. The van der Waals surface area contributed by atoms with Crippen LogP contribution in [0.25, 0.3) is 0 Å². The third kappa shape index (κ3) is 3.01. The van der Waals surface area contributed by atoms with Gasteiger partial charge in [0.25, 0.3) is 0 Å². The highest BCUT2D eigenvalue weighted by Gasteiger charge is 2.10. The SMILES string of the molecule is COc1cccc(CNc2cc(F)c(Br)cc2F)c1O. The van der Waals surface area contributed by atoms with Crippen molar-refractivity contribution in [3.63, 3.8) is 0 Å². The standard InChI is InChI=1S/C14H12BrF2NO2/c1-20-13-4-2-3-8(14(13)19)7-18-12-6-10(16)9(15)5-11(12)17/h2-6,18-19H,7H2,1H3. The van der Waals surface area contributed by atoms with Gasteiger partial charge in [0.1, 0.15) is 11.6 Å². The first-order valence-corrected chi connectivity index (χ1v) is 6.55. The van der Waals surface area contributed by atoms with E-state index in [0.717, 1.165) is 12.1 Å². The Labute approximate surface area is 123 Å². The maximum Gasteiger partial charge on any atom is 0.162 e. The van der Waals surface area contributed by atoms with Gasteiger partial charge >= 0.3 is 0 Å². The summed E-state index contributed by atoms with van der Waals surface area (Å²) in [5.41, 5.74) is 0.542. The molecule has 0 spiro atoms. The summed E-state index contributed by atoms with van der Waals surface area (Å²) in [6, 6.07) is 7.07. The summed E-state index contributed by atoms with van der Waals surface area (Å²) in [6.07, 6.45) is 0. The smallest absolute Gasteiger partial charge is 0.162 e.